The minimum absolute atomic E-state index is 0.0910. The molecule has 6 heteroatoms. The van der Waals surface area contributed by atoms with Gasteiger partial charge in [0, 0.05) is 0 Å². The van der Waals surface area contributed by atoms with Crippen LogP contribution >= 0.6 is 0 Å². The SMILES string of the molecule is CC(C)(C)OC(=O)CS(=O)(=O)CC1CO1. The Morgan fingerprint density at radius 2 is 2.00 bits per heavy atom. The number of rotatable bonds is 4. The molecule has 0 aliphatic carbocycles. The zero-order valence-electron chi connectivity index (χ0n) is 9.15. The number of sulfone groups is 1. The van der Waals surface area contributed by atoms with E-state index < -0.39 is 27.2 Å². The highest BCUT2D eigenvalue weighted by molar-refractivity contribution is 7.92. The lowest BCUT2D eigenvalue weighted by Crippen LogP contribution is -2.30. The largest absolute Gasteiger partial charge is 0.459 e. The fourth-order valence-electron chi connectivity index (χ4n) is 1.06. The topological polar surface area (TPSA) is 73.0 Å². The van der Waals surface area contributed by atoms with Crippen LogP contribution < -0.4 is 0 Å². The molecule has 1 saturated heterocycles. The summed E-state index contributed by atoms with van der Waals surface area (Å²) in [5.41, 5.74) is -0.650. The lowest BCUT2D eigenvalue weighted by Gasteiger charge is -2.19. The van der Waals surface area contributed by atoms with Crippen molar-refractivity contribution < 1.29 is 22.7 Å². The molecule has 1 aliphatic rings. The minimum Gasteiger partial charge on any atom is -0.459 e. The lowest BCUT2D eigenvalue weighted by atomic mass is 10.2. The summed E-state index contributed by atoms with van der Waals surface area (Å²) >= 11 is 0. The minimum atomic E-state index is -3.39. The van der Waals surface area contributed by atoms with Crippen molar-refractivity contribution in [3.63, 3.8) is 0 Å². The number of ether oxygens (including phenoxy) is 2. The molecule has 0 N–H and O–H groups in total. The Balaban J connectivity index is 2.42. The van der Waals surface area contributed by atoms with Gasteiger partial charge in [-0.3, -0.25) is 4.79 Å². The molecular weight excluding hydrogens is 220 g/mol. The maximum atomic E-state index is 11.4. The van der Waals surface area contributed by atoms with Crippen LogP contribution in [0, 0.1) is 0 Å². The van der Waals surface area contributed by atoms with Gasteiger partial charge in [-0.25, -0.2) is 8.42 Å². The van der Waals surface area contributed by atoms with Crippen molar-refractivity contribution in [3.8, 4) is 0 Å². The highest BCUT2D eigenvalue weighted by Gasteiger charge is 2.31. The molecule has 0 saturated carbocycles. The van der Waals surface area contributed by atoms with Crippen LogP contribution in [-0.2, 0) is 24.1 Å². The van der Waals surface area contributed by atoms with E-state index >= 15 is 0 Å². The van der Waals surface area contributed by atoms with Crippen molar-refractivity contribution >= 4 is 15.8 Å². The van der Waals surface area contributed by atoms with E-state index in [1.165, 1.54) is 0 Å². The molecule has 88 valence electrons. The highest BCUT2D eigenvalue weighted by Crippen LogP contribution is 2.13. The molecule has 1 fully saturated rings. The zero-order chi connectivity index (χ0) is 11.7. The highest BCUT2D eigenvalue weighted by atomic mass is 32.2. The first kappa shape index (κ1) is 12.4. The van der Waals surface area contributed by atoms with Gasteiger partial charge in [-0.05, 0) is 20.8 Å². The van der Waals surface area contributed by atoms with Crippen LogP contribution in [0.1, 0.15) is 20.8 Å². The number of esters is 1. The van der Waals surface area contributed by atoms with Crippen molar-refractivity contribution in [1.29, 1.82) is 0 Å². The Labute approximate surface area is 89.7 Å². The number of carbonyl (C=O) groups is 1. The van der Waals surface area contributed by atoms with Crippen molar-refractivity contribution in [2.24, 2.45) is 0 Å². The van der Waals surface area contributed by atoms with Gasteiger partial charge < -0.3 is 9.47 Å². The normalized spacial score (nSPS) is 21.1. The first-order valence-corrected chi connectivity index (χ1v) is 6.54. The molecule has 0 spiro atoms. The van der Waals surface area contributed by atoms with E-state index in [1.54, 1.807) is 20.8 Å². The van der Waals surface area contributed by atoms with Crippen molar-refractivity contribution in [2.75, 3.05) is 18.1 Å². The Hall–Kier alpha value is -0.620. The van der Waals surface area contributed by atoms with Crippen LogP contribution in [0.25, 0.3) is 0 Å². The summed E-state index contributed by atoms with van der Waals surface area (Å²) in [7, 11) is -3.39. The second-order valence-corrected chi connectivity index (χ2v) is 6.71. The molecular formula is C9H16O5S. The summed E-state index contributed by atoms with van der Waals surface area (Å²) in [5.74, 6) is -1.36. The van der Waals surface area contributed by atoms with Gasteiger partial charge in [0.15, 0.2) is 9.84 Å². The second kappa shape index (κ2) is 4.09. The van der Waals surface area contributed by atoms with Crippen LogP contribution in [-0.4, -0.2) is 44.2 Å². The fraction of sp³-hybridized carbons (Fsp3) is 0.889. The summed E-state index contributed by atoms with van der Waals surface area (Å²) in [6.45, 7) is 5.55. The summed E-state index contributed by atoms with van der Waals surface area (Å²) < 4.78 is 32.5. The monoisotopic (exact) mass is 236 g/mol. The van der Waals surface area contributed by atoms with Gasteiger partial charge in [0.1, 0.15) is 11.4 Å². The molecule has 0 aromatic heterocycles. The zero-order valence-corrected chi connectivity index (χ0v) is 9.96. The quantitative estimate of drug-likeness (QED) is 0.513. The van der Waals surface area contributed by atoms with E-state index in [0.717, 1.165) is 0 Å². The average Bonchev–Trinajstić information content (AvgIpc) is 2.62. The molecule has 1 unspecified atom stereocenters. The molecule has 15 heavy (non-hydrogen) atoms. The van der Waals surface area contributed by atoms with Crippen LogP contribution in [0.5, 0.6) is 0 Å². The van der Waals surface area contributed by atoms with Crippen molar-refractivity contribution in [1.82, 2.24) is 0 Å². The number of hydrogen-bond acceptors (Lipinski definition) is 5. The molecule has 1 rings (SSSR count). The Morgan fingerprint density at radius 1 is 1.47 bits per heavy atom. The number of carbonyl (C=O) groups excluding carboxylic acids is 1. The summed E-state index contributed by atoms with van der Waals surface area (Å²) in [5, 5.41) is 0. The van der Waals surface area contributed by atoms with E-state index in [9.17, 15) is 13.2 Å². The van der Waals surface area contributed by atoms with Crippen molar-refractivity contribution in [2.45, 2.75) is 32.5 Å². The van der Waals surface area contributed by atoms with Crippen LogP contribution in [0.15, 0.2) is 0 Å². The van der Waals surface area contributed by atoms with Gasteiger partial charge in [-0.1, -0.05) is 0 Å². The molecule has 5 nitrogen and oxygen atoms in total. The van der Waals surface area contributed by atoms with Gasteiger partial charge in [0.2, 0.25) is 0 Å². The van der Waals surface area contributed by atoms with E-state index in [2.05, 4.69) is 0 Å². The molecule has 1 atom stereocenters. The summed E-state index contributed by atoms with van der Waals surface area (Å²) in [6.07, 6.45) is -0.225. The maximum absolute atomic E-state index is 11.4. The fourth-order valence-corrected chi connectivity index (χ4v) is 2.35. The van der Waals surface area contributed by atoms with Crippen LogP contribution in [0.2, 0.25) is 0 Å². The summed E-state index contributed by atoms with van der Waals surface area (Å²) in [4.78, 5) is 11.2. The van der Waals surface area contributed by atoms with E-state index in [1.807, 2.05) is 0 Å². The molecule has 0 aromatic carbocycles. The lowest BCUT2D eigenvalue weighted by molar-refractivity contribution is -0.151. The van der Waals surface area contributed by atoms with Crippen LogP contribution in [0.3, 0.4) is 0 Å². The first-order chi connectivity index (χ1) is 6.68. The van der Waals surface area contributed by atoms with Gasteiger partial charge in [-0.2, -0.15) is 0 Å². The standard InChI is InChI=1S/C9H16O5S/c1-9(2,3)14-8(10)6-15(11,12)5-7-4-13-7/h7H,4-6H2,1-3H3. The molecule has 1 heterocycles. The second-order valence-electron chi connectivity index (χ2n) is 4.60. The number of epoxide rings is 1. The molecule has 0 aromatic rings. The van der Waals surface area contributed by atoms with Gasteiger partial charge >= 0.3 is 5.97 Å². The predicted molar refractivity (Wildman–Crippen MR) is 54.2 cm³/mol. The molecule has 0 bridgehead atoms. The van der Waals surface area contributed by atoms with Gasteiger partial charge in [0.05, 0.1) is 18.5 Å². The third-order valence-corrected chi connectivity index (χ3v) is 3.16. The van der Waals surface area contributed by atoms with Crippen molar-refractivity contribution in [3.05, 3.63) is 0 Å². The molecule has 1 aliphatic heterocycles. The Morgan fingerprint density at radius 3 is 2.40 bits per heavy atom. The first-order valence-electron chi connectivity index (χ1n) is 4.72. The van der Waals surface area contributed by atoms with Crippen LogP contribution in [0.4, 0.5) is 0 Å². The third kappa shape index (κ3) is 5.74. The summed E-state index contributed by atoms with van der Waals surface area (Å²) in [6, 6.07) is 0. The average molecular weight is 236 g/mol. The predicted octanol–water partition coefficient (Wildman–Crippen LogP) is 0.142. The van der Waals surface area contributed by atoms with E-state index in [-0.39, 0.29) is 11.9 Å². The maximum Gasteiger partial charge on any atom is 0.321 e. The number of hydrogen-bond donors (Lipinski definition) is 0. The molecule has 0 amide bonds. The smallest absolute Gasteiger partial charge is 0.321 e. The Bertz CT molecular complexity index is 334. The van der Waals surface area contributed by atoms with Gasteiger partial charge in [0.25, 0.3) is 0 Å². The van der Waals surface area contributed by atoms with E-state index in [0.29, 0.717) is 6.61 Å². The Kier molecular flexibility index (Phi) is 3.40. The molecule has 0 radical (unpaired) electrons. The van der Waals surface area contributed by atoms with Gasteiger partial charge in [-0.15, -0.1) is 0 Å². The third-order valence-electron chi connectivity index (χ3n) is 1.60. The van der Waals surface area contributed by atoms with E-state index in [4.69, 9.17) is 9.47 Å².